The number of likely N-dealkylation sites (tertiary alicyclic amines) is 1. The van der Waals surface area contributed by atoms with Crippen LogP contribution in [0.15, 0.2) is 30.6 Å². The fourth-order valence-electron chi connectivity index (χ4n) is 3.96. The van der Waals surface area contributed by atoms with Gasteiger partial charge in [-0.3, -0.25) is 10.2 Å². The van der Waals surface area contributed by atoms with Crippen LogP contribution in [0.5, 0.6) is 0 Å². The van der Waals surface area contributed by atoms with E-state index in [-0.39, 0.29) is 17.7 Å². The number of nitrogens with zero attached hydrogens (tertiary/aromatic N) is 3. The molecule has 1 atom stereocenters. The molecule has 1 amide bonds. The number of halogens is 1. The standard InChI is InChI=1S/C22H26ClN7O/c1-13(12-30-7-3-4-8-30)28-22(31)16-10-26-21-20(16)29-18(11-27-21)19(24)15-6-5-14(23)9-17(15)25-2/h5-6,9-11,13,24-25H,3-4,7-8,12H2,1-2H3,(H,26,27)(H,28,31)/t13-/m1/s1. The third-order valence-corrected chi connectivity index (χ3v) is 5.75. The lowest BCUT2D eigenvalue weighted by atomic mass is 10.1. The molecule has 0 saturated carbocycles. The summed E-state index contributed by atoms with van der Waals surface area (Å²) in [6.07, 6.45) is 5.59. The first-order chi connectivity index (χ1) is 15.0. The monoisotopic (exact) mass is 439 g/mol. The van der Waals surface area contributed by atoms with Gasteiger partial charge in [0.15, 0.2) is 5.65 Å². The fourth-order valence-corrected chi connectivity index (χ4v) is 4.14. The third kappa shape index (κ3) is 4.55. The molecule has 3 heterocycles. The highest BCUT2D eigenvalue weighted by Gasteiger charge is 2.20. The van der Waals surface area contributed by atoms with E-state index in [0.717, 1.165) is 25.3 Å². The molecular formula is C22H26ClN7O. The number of aromatic nitrogens is 3. The molecule has 1 aliphatic heterocycles. The normalized spacial score (nSPS) is 15.2. The van der Waals surface area contributed by atoms with Crippen molar-refractivity contribution in [1.29, 1.82) is 5.41 Å². The van der Waals surface area contributed by atoms with Crippen molar-refractivity contribution in [3.63, 3.8) is 0 Å². The minimum Gasteiger partial charge on any atom is -0.388 e. The quantitative estimate of drug-likeness (QED) is 0.422. The van der Waals surface area contributed by atoms with Crippen LogP contribution in [0.25, 0.3) is 11.2 Å². The van der Waals surface area contributed by atoms with Crippen molar-refractivity contribution in [1.82, 2.24) is 25.2 Å². The van der Waals surface area contributed by atoms with Gasteiger partial charge in [0, 0.05) is 42.1 Å². The summed E-state index contributed by atoms with van der Waals surface area (Å²) in [6, 6.07) is 5.29. The lowest BCUT2D eigenvalue weighted by Crippen LogP contribution is -2.41. The van der Waals surface area contributed by atoms with Crippen LogP contribution >= 0.6 is 11.6 Å². The first-order valence-corrected chi connectivity index (χ1v) is 10.8. The Kier molecular flexibility index (Phi) is 6.20. The molecule has 1 fully saturated rings. The zero-order chi connectivity index (χ0) is 22.0. The molecule has 4 rings (SSSR count). The van der Waals surface area contributed by atoms with Crippen molar-refractivity contribution >= 4 is 40.1 Å². The van der Waals surface area contributed by atoms with Gasteiger partial charge < -0.3 is 20.5 Å². The summed E-state index contributed by atoms with van der Waals surface area (Å²) in [5.74, 6) is -0.196. The Balaban J connectivity index is 1.57. The average Bonchev–Trinajstić information content (AvgIpc) is 3.42. The van der Waals surface area contributed by atoms with E-state index < -0.39 is 0 Å². The van der Waals surface area contributed by atoms with E-state index in [0.29, 0.717) is 33.0 Å². The maximum Gasteiger partial charge on any atom is 0.255 e. The van der Waals surface area contributed by atoms with E-state index in [9.17, 15) is 4.79 Å². The number of H-pyrrole nitrogens is 1. The molecule has 0 bridgehead atoms. The van der Waals surface area contributed by atoms with Crippen LogP contribution in [-0.4, -0.2) is 64.2 Å². The maximum atomic E-state index is 12.9. The number of rotatable bonds is 7. The Labute approximate surface area is 185 Å². The molecule has 8 nitrogen and oxygen atoms in total. The molecule has 0 radical (unpaired) electrons. The van der Waals surface area contributed by atoms with Gasteiger partial charge >= 0.3 is 0 Å². The minimum absolute atomic E-state index is 0.0252. The SMILES string of the molecule is CNc1cc(Cl)ccc1C(=N)c1cnc2[nH]cc(C(=O)N[C@H](C)CN3CCCC3)c2n1. The predicted molar refractivity (Wildman–Crippen MR) is 123 cm³/mol. The molecule has 3 aromatic rings. The second-order valence-electron chi connectivity index (χ2n) is 7.85. The number of hydrogen-bond acceptors (Lipinski definition) is 6. The molecule has 0 aliphatic carbocycles. The van der Waals surface area contributed by atoms with Gasteiger partial charge in [-0.1, -0.05) is 11.6 Å². The van der Waals surface area contributed by atoms with Crippen LogP contribution in [0, 0.1) is 5.41 Å². The Morgan fingerprint density at radius 2 is 2.10 bits per heavy atom. The molecule has 9 heteroatoms. The van der Waals surface area contributed by atoms with Gasteiger partial charge in [-0.15, -0.1) is 0 Å². The second kappa shape index (κ2) is 9.03. The van der Waals surface area contributed by atoms with Gasteiger partial charge in [-0.2, -0.15) is 0 Å². The van der Waals surface area contributed by atoms with Crippen molar-refractivity contribution in [2.75, 3.05) is 32.0 Å². The maximum absolute atomic E-state index is 12.9. The highest BCUT2D eigenvalue weighted by atomic mass is 35.5. The summed E-state index contributed by atoms with van der Waals surface area (Å²) >= 11 is 6.07. The first kappa shape index (κ1) is 21.3. The van der Waals surface area contributed by atoms with Gasteiger partial charge in [0.1, 0.15) is 11.2 Å². The Hall–Kier alpha value is -2.97. The first-order valence-electron chi connectivity index (χ1n) is 10.4. The number of hydrogen-bond donors (Lipinski definition) is 4. The molecule has 0 spiro atoms. The molecule has 4 N–H and O–H groups in total. The van der Waals surface area contributed by atoms with Crippen molar-refractivity contribution in [3.8, 4) is 0 Å². The lowest BCUT2D eigenvalue weighted by Gasteiger charge is -2.21. The van der Waals surface area contributed by atoms with Crippen LogP contribution in [0.4, 0.5) is 5.69 Å². The van der Waals surface area contributed by atoms with E-state index >= 15 is 0 Å². The molecule has 1 saturated heterocycles. The van der Waals surface area contributed by atoms with Crippen molar-refractivity contribution < 1.29 is 4.79 Å². The summed E-state index contributed by atoms with van der Waals surface area (Å²) in [6.45, 7) is 5.02. The molecule has 1 aromatic carbocycles. The number of amides is 1. The van der Waals surface area contributed by atoms with Gasteiger partial charge in [0.25, 0.3) is 5.91 Å². The number of anilines is 1. The second-order valence-corrected chi connectivity index (χ2v) is 8.29. The summed E-state index contributed by atoms with van der Waals surface area (Å²) in [5, 5.41) is 15.3. The molecule has 2 aromatic heterocycles. The fraction of sp³-hybridized carbons (Fsp3) is 0.364. The number of carbonyl (C=O) groups excluding carboxylic acids is 1. The highest BCUT2D eigenvalue weighted by Crippen LogP contribution is 2.24. The van der Waals surface area contributed by atoms with Gasteiger partial charge in [0.2, 0.25) is 0 Å². The Morgan fingerprint density at radius 3 is 2.84 bits per heavy atom. The van der Waals surface area contributed by atoms with Crippen LogP contribution in [-0.2, 0) is 0 Å². The van der Waals surface area contributed by atoms with Gasteiger partial charge in [0.05, 0.1) is 17.5 Å². The smallest absolute Gasteiger partial charge is 0.255 e. The van der Waals surface area contributed by atoms with Crippen LogP contribution in [0.3, 0.4) is 0 Å². The molecule has 1 aliphatic rings. The summed E-state index contributed by atoms with van der Waals surface area (Å²) in [5.41, 5.74) is 3.35. The zero-order valence-corrected chi connectivity index (χ0v) is 18.4. The number of nitrogens with one attached hydrogen (secondary N) is 4. The minimum atomic E-state index is -0.196. The summed E-state index contributed by atoms with van der Waals surface area (Å²) < 4.78 is 0. The van der Waals surface area contributed by atoms with Gasteiger partial charge in [-0.25, -0.2) is 9.97 Å². The zero-order valence-electron chi connectivity index (χ0n) is 17.6. The van der Waals surface area contributed by atoms with Crippen LogP contribution in [0.2, 0.25) is 5.02 Å². The lowest BCUT2D eigenvalue weighted by molar-refractivity contribution is 0.0933. The molecule has 31 heavy (non-hydrogen) atoms. The van der Waals surface area contributed by atoms with E-state index in [1.165, 1.54) is 19.0 Å². The average molecular weight is 440 g/mol. The predicted octanol–water partition coefficient (Wildman–Crippen LogP) is 3.28. The van der Waals surface area contributed by atoms with E-state index in [1.54, 1.807) is 31.4 Å². The largest absolute Gasteiger partial charge is 0.388 e. The Bertz CT molecular complexity index is 1120. The van der Waals surface area contributed by atoms with Crippen molar-refractivity contribution in [2.24, 2.45) is 0 Å². The number of fused-ring (bicyclic) bond motifs is 1. The summed E-state index contributed by atoms with van der Waals surface area (Å²) in [7, 11) is 1.77. The molecule has 0 unspecified atom stereocenters. The van der Waals surface area contributed by atoms with Crippen LogP contribution < -0.4 is 10.6 Å². The van der Waals surface area contributed by atoms with Crippen LogP contribution in [0.1, 0.15) is 41.4 Å². The number of aromatic amines is 1. The molecular weight excluding hydrogens is 414 g/mol. The van der Waals surface area contributed by atoms with Gasteiger partial charge in [-0.05, 0) is 51.1 Å². The van der Waals surface area contributed by atoms with E-state index in [2.05, 4.69) is 30.5 Å². The van der Waals surface area contributed by atoms with Crippen molar-refractivity contribution in [2.45, 2.75) is 25.8 Å². The Morgan fingerprint density at radius 1 is 1.32 bits per heavy atom. The summed E-state index contributed by atoms with van der Waals surface area (Å²) in [4.78, 5) is 27.2. The van der Waals surface area contributed by atoms with Crippen molar-refractivity contribution in [3.05, 3.63) is 52.4 Å². The number of carbonyl (C=O) groups is 1. The molecule has 162 valence electrons. The topological polar surface area (TPSA) is 110 Å². The third-order valence-electron chi connectivity index (χ3n) is 5.51. The number of benzene rings is 1. The van der Waals surface area contributed by atoms with E-state index in [4.69, 9.17) is 17.0 Å². The van der Waals surface area contributed by atoms with E-state index in [1.807, 2.05) is 6.92 Å². The highest BCUT2D eigenvalue weighted by molar-refractivity contribution is 6.31.